The average Bonchev–Trinajstić information content (AvgIpc) is 3.96. The molecule has 2 heterocycles. The molecule has 0 saturated carbocycles. The number of pyridine rings is 2. The second-order valence-electron chi connectivity index (χ2n) is 19.2. The molecule has 2 heteroatoms. The van der Waals surface area contributed by atoms with Gasteiger partial charge in [-0.15, -0.1) is 0 Å². The molecule has 12 aromatic rings. The summed E-state index contributed by atoms with van der Waals surface area (Å²) in [4.78, 5) is 10.4. The normalized spacial score (nSPS) is 12.5. The van der Waals surface area contributed by atoms with Gasteiger partial charge in [-0.05, 0) is 125 Å². The van der Waals surface area contributed by atoms with E-state index < -0.39 is 5.41 Å². The van der Waals surface area contributed by atoms with Crippen molar-refractivity contribution in [2.45, 2.75) is 5.41 Å². The van der Waals surface area contributed by atoms with E-state index >= 15 is 0 Å². The highest BCUT2D eigenvalue weighted by Gasteiger charge is 2.52. The van der Waals surface area contributed by atoms with Crippen molar-refractivity contribution in [2.75, 3.05) is 0 Å². The number of aromatic nitrogens is 2. The Morgan fingerprint density at radius 1 is 0.192 bits per heavy atom. The predicted molar refractivity (Wildman–Crippen MR) is 302 cm³/mol. The van der Waals surface area contributed by atoms with Crippen LogP contribution in [0.5, 0.6) is 0 Å². The van der Waals surface area contributed by atoms with Crippen LogP contribution in [-0.2, 0) is 5.41 Å². The molecule has 0 aliphatic heterocycles. The van der Waals surface area contributed by atoms with Crippen LogP contribution >= 0.6 is 0 Å². The summed E-state index contributed by atoms with van der Waals surface area (Å²) in [5, 5.41) is 0. The lowest BCUT2D eigenvalue weighted by Crippen LogP contribution is -2.25. The molecule has 340 valence electrons. The SMILES string of the molecule is c1ccc(-c2cc(-c3cccc(-c4cccc5c4-c4ccccc4C54c5ccccc5-c5c(-c6cccc(-c7cc(-c8ccccc8)nc(-c8ccccc8)c7)c6)cccc54)c3)cc(-c3ccccc3)n2)cc1. The number of rotatable bonds is 8. The highest BCUT2D eigenvalue weighted by molar-refractivity contribution is 6.03. The first kappa shape index (κ1) is 42.4. The summed E-state index contributed by atoms with van der Waals surface area (Å²) >= 11 is 0. The van der Waals surface area contributed by atoms with Crippen LogP contribution in [0.15, 0.2) is 279 Å². The highest BCUT2D eigenvalue weighted by Crippen LogP contribution is 2.65. The minimum atomic E-state index is -0.528. The molecule has 2 aliphatic carbocycles. The van der Waals surface area contributed by atoms with Crippen molar-refractivity contribution < 1.29 is 0 Å². The zero-order chi connectivity index (χ0) is 48.3. The molecule has 0 saturated heterocycles. The second kappa shape index (κ2) is 17.4. The van der Waals surface area contributed by atoms with Crippen molar-refractivity contribution in [3.8, 4) is 112 Å². The van der Waals surface area contributed by atoms with Crippen LogP contribution in [0, 0.1) is 0 Å². The summed E-state index contributed by atoms with van der Waals surface area (Å²) in [6.45, 7) is 0. The fourth-order valence-corrected chi connectivity index (χ4v) is 11.9. The molecule has 0 atom stereocenters. The average molecular weight is 927 g/mol. The number of benzene rings is 10. The molecule has 2 nitrogen and oxygen atoms in total. The van der Waals surface area contributed by atoms with Gasteiger partial charge >= 0.3 is 0 Å². The minimum Gasteiger partial charge on any atom is -0.248 e. The van der Waals surface area contributed by atoms with Gasteiger partial charge in [0, 0.05) is 22.3 Å². The van der Waals surface area contributed by atoms with Gasteiger partial charge < -0.3 is 0 Å². The van der Waals surface area contributed by atoms with E-state index in [2.05, 4.69) is 279 Å². The Morgan fingerprint density at radius 3 is 0.836 bits per heavy atom. The number of nitrogens with zero attached hydrogens (tertiary/aromatic N) is 2. The Balaban J connectivity index is 0.922. The van der Waals surface area contributed by atoms with Gasteiger partial charge in [-0.2, -0.15) is 0 Å². The summed E-state index contributed by atoms with van der Waals surface area (Å²) in [7, 11) is 0. The van der Waals surface area contributed by atoms with E-state index in [9.17, 15) is 0 Å². The standard InChI is InChI=1S/C71H46N2/c1-5-21-47(22-6-1)65-43-55(44-66(72-65)48-23-7-2-8-24-48)51-29-17-31-53(41-51)57-35-19-39-63-69(57)59-33-13-15-37-61(59)71(63)62-38-16-14-34-60(62)70-58(36-20-40-64(70)71)54-32-18-30-52(42-54)56-45-67(49-25-9-3-10-26-49)73-68(46-56)50-27-11-4-12-28-50/h1-46H. The molecule has 0 bridgehead atoms. The maximum Gasteiger partial charge on any atom is 0.0725 e. The zero-order valence-corrected chi connectivity index (χ0v) is 40.0. The van der Waals surface area contributed by atoms with E-state index in [0.717, 1.165) is 67.3 Å². The van der Waals surface area contributed by atoms with Crippen LogP contribution in [0.25, 0.3) is 112 Å². The minimum absolute atomic E-state index is 0.528. The smallest absolute Gasteiger partial charge is 0.0725 e. The molecule has 0 fully saturated rings. The number of hydrogen-bond donors (Lipinski definition) is 0. The van der Waals surface area contributed by atoms with Crippen molar-refractivity contribution in [3.63, 3.8) is 0 Å². The number of fused-ring (bicyclic) bond motifs is 10. The first-order chi connectivity index (χ1) is 36.2. The van der Waals surface area contributed by atoms with Crippen molar-refractivity contribution in [1.82, 2.24) is 9.97 Å². The summed E-state index contributed by atoms with van der Waals surface area (Å²) in [6, 6.07) is 101. The Kier molecular flexibility index (Phi) is 10.1. The van der Waals surface area contributed by atoms with Gasteiger partial charge in [-0.3, -0.25) is 0 Å². The van der Waals surface area contributed by atoms with E-state index in [4.69, 9.17) is 9.97 Å². The van der Waals surface area contributed by atoms with Gasteiger partial charge in [0.1, 0.15) is 0 Å². The van der Waals surface area contributed by atoms with Crippen molar-refractivity contribution in [1.29, 1.82) is 0 Å². The van der Waals surface area contributed by atoms with Crippen LogP contribution in [0.4, 0.5) is 0 Å². The summed E-state index contributed by atoms with van der Waals surface area (Å²) in [5.41, 5.74) is 27.4. The van der Waals surface area contributed by atoms with Gasteiger partial charge in [0.15, 0.2) is 0 Å². The Morgan fingerprint density at radius 2 is 0.466 bits per heavy atom. The third-order valence-corrected chi connectivity index (χ3v) is 15.1. The lowest BCUT2D eigenvalue weighted by molar-refractivity contribution is 0.794. The molecule has 0 radical (unpaired) electrons. The van der Waals surface area contributed by atoms with Crippen LogP contribution in [0.2, 0.25) is 0 Å². The number of hydrogen-bond acceptors (Lipinski definition) is 2. The first-order valence-corrected chi connectivity index (χ1v) is 25.1. The van der Waals surface area contributed by atoms with Crippen molar-refractivity contribution >= 4 is 0 Å². The van der Waals surface area contributed by atoms with Gasteiger partial charge in [-0.1, -0.05) is 243 Å². The van der Waals surface area contributed by atoms with Crippen molar-refractivity contribution in [2.24, 2.45) is 0 Å². The Labute approximate surface area is 426 Å². The fraction of sp³-hybridized carbons (Fsp3) is 0.0141. The molecule has 1 spiro atoms. The predicted octanol–water partition coefficient (Wildman–Crippen LogP) is 18.2. The van der Waals surface area contributed by atoms with Crippen LogP contribution in [-0.4, -0.2) is 9.97 Å². The van der Waals surface area contributed by atoms with E-state index in [0.29, 0.717) is 0 Å². The molecule has 0 unspecified atom stereocenters. The Hall–Kier alpha value is -9.50. The molecule has 73 heavy (non-hydrogen) atoms. The highest BCUT2D eigenvalue weighted by atomic mass is 14.7. The second-order valence-corrected chi connectivity index (χ2v) is 19.2. The van der Waals surface area contributed by atoms with Gasteiger partial charge in [0.25, 0.3) is 0 Å². The monoisotopic (exact) mass is 926 g/mol. The van der Waals surface area contributed by atoms with Crippen molar-refractivity contribution in [3.05, 3.63) is 301 Å². The quantitative estimate of drug-likeness (QED) is 0.152. The molecule has 10 aromatic carbocycles. The largest absolute Gasteiger partial charge is 0.248 e. The van der Waals surface area contributed by atoms with E-state index in [-0.39, 0.29) is 0 Å². The lowest BCUT2D eigenvalue weighted by Gasteiger charge is -2.30. The molecular formula is C71H46N2. The Bertz CT molecular complexity index is 3680. The molecule has 14 rings (SSSR count). The molecule has 0 amide bonds. The molecular weight excluding hydrogens is 881 g/mol. The van der Waals surface area contributed by atoms with E-state index in [1.165, 1.54) is 66.8 Å². The van der Waals surface area contributed by atoms with E-state index in [1.54, 1.807) is 0 Å². The van der Waals surface area contributed by atoms with Gasteiger partial charge in [0.2, 0.25) is 0 Å². The summed E-state index contributed by atoms with van der Waals surface area (Å²) < 4.78 is 0. The van der Waals surface area contributed by atoms with Crippen LogP contribution in [0.1, 0.15) is 22.3 Å². The fourth-order valence-electron chi connectivity index (χ4n) is 11.9. The topological polar surface area (TPSA) is 25.8 Å². The molecule has 0 N–H and O–H groups in total. The van der Waals surface area contributed by atoms with Gasteiger partial charge in [0.05, 0.1) is 28.2 Å². The maximum absolute atomic E-state index is 5.20. The molecule has 2 aromatic heterocycles. The zero-order valence-electron chi connectivity index (χ0n) is 40.0. The third kappa shape index (κ3) is 7.02. The maximum atomic E-state index is 5.20. The van der Waals surface area contributed by atoms with Gasteiger partial charge in [-0.25, -0.2) is 9.97 Å². The third-order valence-electron chi connectivity index (χ3n) is 15.1. The summed E-state index contributed by atoms with van der Waals surface area (Å²) in [5.74, 6) is 0. The van der Waals surface area contributed by atoms with E-state index in [1.807, 2.05) is 0 Å². The molecule has 2 aliphatic rings. The van der Waals surface area contributed by atoms with Crippen LogP contribution in [0.3, 0.4) is 0 Å². The summed E-state index contributed by atoms with van der Waals surface area (Å²) in [6.07, 6.45) is 0. The first-order valence-electron chi connectivity index (χ1n) is 25.1. The van der Waals surface area contributed by atoms with Crippen LogP contribution < -0.4 is 0 Å². The lowest BCUT2D eigenvalue weighted by atomic mass is 9.70.